The normalized spacial score (nSPS) is 28.9. The number of aliphatic hydroxyl groups excluding tert-OH is 2. The lowest BCUT2D eigenvalue weighted by atomic mass is 9.93. The molecule has 0 spiro atoms. The number of nitrogens with one attached hydrogen (secondary N) is 2. The molecule has 4 aliphatic rings. The molecule has 5 nitrogen and oxygen atoms in total. The molecule has 6 atom stereocenters. The standard InChI is InChI=1S/C40H73N3O2/c1-32-39(44)27-25-36(41-32)22-17-13-9-5-3-7-11-15-20-34-30-35(38-24-19-29-43(38)31-34)21-16-12-8-4-6-10-14-18-23-37-26-28-40(45)33(2)42-37/h30,32-33,36-37,39-42,44-45H,3-29,31H2,1-2H3/t32-,33-,36-,37-,39-,40-/m1/s1. The predicted molar refractivity (Wildman–Crippen MR) is 192 cm³/mol. The first-order valence-corrected chi connectivity index (χ1v) is 20.0. The van der Waals surface area contributed by atoms with Crippen LogP contribution in [-0.4, -0.2) is 64.6 Å². The number of hydrogen-bond acceptors (Lipinski definition) is 5. The van der Waals surface area contributed by atoms with Crippen molar-refractivity contribution in [1.29, 1.82) is 0 Å². The van der Waals surface area contributed by atoms with Crippen LogP contribution in [0.2, 0.25) is 0 Å². The Hall–Kier alpha value is -0.880. The van der Waals surface area contributed by atoms with Gasteiger partial charge in [0.15, 0.2) is 0 Å². The Morgan fingerprint density at radius 1 is 0.622 bits per heavy atom. The average Bonchev–Trinajstić information content (AvgIpc) is 3.51. The molecule has 0 saturated carbocycles. The number of aliphatic hydroxyl groups is 2. The SMILES string of the molecule is C[C@H]1N[C@H](CCCCCCCCCCC2=CC(CCCCCCCCCC[C@@H]3CC[C@@H](O)[C@@H](C)N3)=C3CCCN3C2)CC[C@H]1O. The smallest absolute Gasteiger partial charge is 0.0691 e. The van der Waals surface area contributed by atoms with Gasteiger partial charge in [-0.25, -0.2) is 0 Å². The Morgan fingerprint density at radius 2 is 1.09 bits per heavy atom. The summed E-state index contributed by atoms with van der Waals surface area (Å²) in [6.45, 7) is 6.74. The first kappa shape index (κ1) is 36.9. The topological polar surface area (TPSA) is 67.8 Å². The molecule has 5 heteroatoms. The second-order valence-corrected chi connectivity index (χ2v) is 15.6. The van der Waals surface area contributed by atoms with Crippen LogP contribution in [0, 0.1) is 0 Å². The van der Waals surface area contributed by atoms with Crippen molar-refractivity contribution in [3.05, 3.63) is 22.9 Å². The first-order valence-electron chi connectivity index (χ1n) is 20.0. The van der Waals surface area contributed by atoms with Gasteiger partial charge in [0.2, 0.25) is 0 Å². The third-order valence-electron chi connectivity index (χ3n) is 11.7. The molecule has 0 aliphatic carbocycles. The molecule has 4 aliphatic heterocycles. The maximum absolute atomic E-state index is 9.89. The summed E-state index contributed by atoms with van der Waals surface area (Å²) < 4.78 is 0. The van der Waals surface area contributed by atoms with Gasteiger partial charge in [-0.2, -0.15) is 0 Å². The minimum atomic E-state index is -0.144. The number of fused-ring (bicyclic) bond motifs is 1. The molecule has 4 N–H and O–H groups in total. The molecule has 45 heavy (non-hydrogen) atoms. The molecule has 0 aromatic carbocycles. The lowest BCUT2D eigenvalue weighted by Gasteiger charge is -2.32. The highest BCUT2D eigenvalue weighted by molar-refractivity contribution is 5.35. The lowest BCUT2D eigenvalue weighted by molar-refractivity contribution is 0.0848. The molecule has 0 amide bonds. The van der Waals surface area contributed by atoms with Crippen LogP contribution >= 0.6 is 0 Å². The van der Waals surface area contributed by atoms with Crippen molar-refractivity contribution >= 4 is 0 Å². The minimum absolute atomic E-state index is 0.144. The van der Waals surface area contributed by atoms with Crippen molar-refractivity contribution in [3.8, 4) is 0 Å². The van der Waals surface area contributed by atoms with Gasteiger partial charge >= 0.3 is 0 Å². The second kappa shape index (κ2) is 21.2. The van der Waals surface area contributed by atoms with Crippen LogP contribution in [0.3, 0.4) is 0 Å². The quantitative estimate of drug-likeness (QED) is 0.0902. The van der Waals surface area contributed by atoms with Crippen LogP contribution in [0.5, 0.6) is 0 Å². The van der Waals surface area contributed by atoms with E-state index in [1.54, 1.807) is 16.8 Å². The number of allylic oxidation sites excluding steroid dienone is 3. The van der Waals surface area contributed by atoms with Gasteiger partial charge in [0.25, 0.3) is 0 Å². The molecule has 4 rings (SSSR count). The Labute approximate surface area is 278 Å². The Kier molecular flexibility index (Phi) is 17.4. The maximum atomic E-state index is 9.89. The number of rotatable bonds is 22. The molecule has 0 radical (unpaired) electrons. The van der Waals surface area contributed by atoms with Crippen molar-refractivity contribution in [2.24, 2.45) is 0 Å². The highest BCUT2D eigenvalue weighted by atomic mass is 16.3. The van der Waals surface area contributed by atoms with E-state index in [4.69, 9.17) is 0 Å². The average molecular weight is 628 g/mol. The van der Waals surface area contributed by atoms with E-state index in [0.717, 1.165) is 25.7 Å². The Balaban J connectivity index is 0.971. The van der Waals surface area contributed by atoms with Gasteiger partial charge in [0.05, 0.1) is 12.2 Å². The molecule has 3 fully saturated rings. The van der Waals surface area contributed by atoms with Crippen LogP contribution in [0.4, 0.5) is 0 Å². The molecule has 0 aromatic heterocycles. The summed E-state index contributed by atoms with van der Waals surface area (Å²) in [6.07, 6.45) is 36.7. The fourth-order valence-electron chi connectivity index (χ4n) is 8.66. The summed E-state index contributed by atoms with van der Waals surface area (Å²) in [5, 5.41) is 27.0. The van der Waals surface area contributed by atoms with Crippen LogP contribution in [-0.2, 0) is 0 Å². The largest absolute Gasteiger partial charge is 0.392 e. The summed E-state index contributed by atoms with van der Waals surface area (Å²) in [7, 11) is 0. The number of hydrogen-bond donors (Lipinski definition) is 4. The molecule has 3 saturated heterocycles. The summed E-state index contributed by atoms with van der Waals surface area (Å²) >= 11 is 0. The predicted octanol–water partition coefficient (Wildman–Crippen LogP) is 9.08. The lowest BCUT2D eigenvalue weighted by Crippen LogP contribution is -2.48. The van der Waals surface area contributed by atoms with E-state index in [0.29, 0.717) is 12.1 Å². The molecule has 0 unspecified atom stereocenters. The van der Waals surface area contributed by atoms with E-state index in [1.807, 2.05) is 0 Å². The van der Waals surface area contributed by atoms with E-state index >= 15 is 0 Å². The van der Waals surface area contributed by atoms with E-state index in [1.165, 1.54) is 154 Å². The summed E-state index contributed by atoms with van der Waals surface area (Å²) in [5.74, 6) is 0. The van der Waals surface area contributed by atoms with Gasteiger partial charge in [-0.1, -0.05) is 102 Å². The molecular weight excluding hydrogens is 554 g/mol. The number of nitrogens with zero attached hydrogens (tertiary/aromatic N) is 1. The van der Waals surface area contributed by atoms with Gasteiger partial charge in [-0.3, -0.25) is 0 Å². The zero-order valence-corrected chi connectivity index (χ0v) is 29.7. The Bertz CT molecular complexity index is 872. The van der Waals surface area contributed by atoms with Crippen LogP contribution in [0.15, 0.2) is 22.9 Å². The third-order valence-corrected chi connectivity index (χ3v) is 11.7. The Morgan fingerprint density at radius 3 is 1.60 bits per heavy atom. The number of unbranched alkanes of at least 4 members (excludes halogenated alkanes) is 14. The molecule has 4 heterocycles. The summed E-state index contributed by atoms with van der Waals surface area (Å²) in [4.78, 5) is 2.72. The van der Waals surface area contributed by atoms with Crippen molar-refractivity contribution in [2.45, 2.75) is 217 Å². The van der Waals surface area contributed by atoms with Crippen molar-refractivity contribution in [3.63, 3.8) is 0 Å². The zero-order valence-electron chi connectivity index (χ0n) is 29.7. The monoisotopic (exact) mass is 628 g/mol. The van der Waals surface area contributed by atoms with Crippen molar-refractivity contribution < 1.29 is 10.2 Å². The highest BCUT2D eigenvalue weighted by Gasteiger charge is 2.26. The fraction of sp³-hybridized carbons (Fsp3) is 0.900. The number of piperidine rings is 2. The molecule has 260 valence electrons. The van der Waals surface area contributed by atoms with Gasteiger partial charge in [0, 0.05) is 43.0 Å². The van der Waals surface area contributed by atoms with E-state index in [9.17, 15) is 10.2 Å². The van der Waals surface area contributed by atoms with Gasteiger partial charge < -0.3 is 25.7 Å². The summed E-state index contributed by atoms with van der Waals surface area (Å²) in [6, 6.07) is 1.80. The zero-order chi connectivity index (χ0) is 31.7. The summed E-state index contributed by atoms with van der Waals surface area (Å²) in [5.41, 5.74) is 5.10. The van der Waals surface area contributed by atoms with Gasteiger partial charge in [-0.05, 0) is 96.5 Å². The molecule has 0 bridgehead atoms. The highest BCUT2D eigenvalue weighted by Crippen LogP contribution is 2.34. The third kappa shape index (κ3) is 13.6. The fourth-order valence-corrected chi connectivity index (χ4v) is 8.66. The molecule has 0 aromatic rings. The van der Waals surface area contributed by atoms with E-state index in [2.05, 4.69) is 35.5 Å². The van der Waals surface area contributed by atoms with E-state index < -0.39 is 0 Å². The van der Waals surface area contributed by atoms with Gasteiger partial charge in [0.1, 0.15) is 0 Å². The minimum Gasteiger partial charge on any atom is -0.392 e. The maximum Gasteiger partial charge on any atom is 0.0691 e. The van der Waals surface area contributed by atoms with E-state index in [-0.39, 0.29) is 24.3 Å². The van der Waals surface area contributed by atoms with Crippen molar-refractivity contribution in [2.75, 3.05) is 13.1 Å². The second-order valence-electron chi connectivity index (χ2n) is 15.6. The van der Waals surface area contributed by atoms with Crippen LogP contribution in [0.25, 0.3) is 0 Å². The van der Waals surface area contributed by atoms with Gasteiger partial charge in [-0.15, -0.1) is 0 Å². The van der Waals surface area contributed by atoms with Crippen LogP contribution < -0.4 is 10.6 Å². The van der Waals surface area contributed by atoms with Crippen molar-refractivity contribution in [1.82, 2.24) is 15.5 Å². The van der Waals surface area contributed by atoms with Crippen LogP contribution in [0.1, 0.15) is 181 Å². The first-order chi connectivity index (χ1) is 22.0. The molecular formula is C40H73N3O2.